The molecule has 27 heavy (non-hydrogen) atoms. The van der Waals surface area contributed by atoms with E-state index in [2.05, 4.69) is 10.6 Å². The molecule has 0 spiro atoms. The molecule has 1 aromatic carbocycles. The molecule has 0 aliphatic carbocycles. The number of carbonyl (C=O) groups excluding carboxylic acids is 2. The van der Waals surface area contributed by atoms with Crippen LogP contribution < -0.4 is 10.6 Å². The number of carboxylic acids is 1. The molecule has 0 bridgehead atoms. The van der Waals surface area contributed by atoms with E-state index in [1.54, 1.807) is 24.3 Å². The van der Waals surface area contributed by atoms with Crippen molar-refractivity contribution in [2.45, 2.75) is 25.7 Å². The number of nitrogens with one attached hydrogen (secondary N) is 2. The number of piperidine rings is 2. The molecule has 2 aliphatic rings. The molecule has 3 rings (SSSR count). The van der Waals surface area contributed by atoms with Crippen LogP contribution in [0.1, 0.15) is 46.4 Å². The largest absolute Gasteiger partial charge is 0.480 e. The lowest BCUT2D eigenvalue weighted by Crippen LogP contribution is -2.42. The van der Waals surface area contributed by atoms with Crippen molar-refractivity contribution < 1.29 is 19.5 Å². The van der Waals surface area contributed by atoms with Crippen molar-refractivity contribution in [2.24, 2.45) is 11.8 Å². The summed E-state index contributed by atoms with van der Waals surface area (Å²) >= 11 is 0. The molecule has 7 nitrogen and oxygen atoms in total. The highest BCUT2D eigenvalue weighted by molar-refractivity contribution is 6.00. The fourth-order valence-electron chi connectivity index (χ4n) is 4.12. The number of nitrogens with zero attached hydrogens (tertiary/aromatic N) is 1. The van der Waals surface area contributed by atoms with E-state index >= 15 is 0 Å². The van der Waals surface area contributed by atoms with Crippen LogP contribution >= 0.6 is 0 Å². The summed E-state index contributed by atoms with van der Waals surface area (Å²) < 4.78 is 0. The molecule has 146 valence electrons. The second kappa shape index (κ2) is 8.99. The minimum Gasteiger partial charge on any atom is -0.480 e. The van der Waals surface area contributed by atoms with Crippen molar-refractivity contribution in [3.63, 3.8) is 0 Å². The van der Waals surface area contributed by atoms with Crippen LogP contribution in [0, 0.1) is 11.8 Å². The molecule has 2 heterocycles. The van der Waals surface area contributed by atoms with E-state index in [0.29, 0.717) is 17.0 Å². The van der Waals surface area contributed by atoms with E-state index in [4.69, 9.17) is 5.11 Å². The lowest BCUT2D eigenvalue weighted by molar-refractivity contribution is -0.135. The van der Waals surface area contributed by atoms with E-state index in [1.807, 2.05) is 4.90 Å². The SMILES string of the molecule is O=C(O)CNC(=O)c1cccc(C(=O)N2CCC(C3CCNCC3)CC2)c1. The predicted octanol–water partition coefficient (Wildman–Crippen LogP) is 1.35. The molecule has 2 saturated heterocycles. The third-order valence-electron chi connectivity index (χ3n) is 5.65. The molecule has 2 aliphatic heterocycles. The van der Waals surface area contributed by atoms with E-state index in [1.165, 1.54) is 12.8 Å². The number of aliphatic carboxylic acids is 1. The zero-order valence-electron chi connectivity index (χ0n) is 15.4. The van der Waals surface area contributed by atoms with Gasteiger partial charge < -0.3 is 20.6 Å². The molecular weight excluding hydrogens is 346 g/mol. The first-order valence-corrected chi connectivity index (χ1v) is 9.64. The number of hydrogen-bond acceptors (Lipinski definition) is 4. The van der Waals surface area contributed by atoms with Gasteiger partial charge in [-0.1, -0.05) is 6.07 Å². The molecule has 0 unspecified atom stereocenters. The van der Waals surface area contributed by atoms with Gasteiger partial charge in [-0.15, -0.1) is 0 Å². The van der Waals surface area contributed by atoms with Gasteiger partial charge in [-0.3, -0.25) is 14.4 Å². The molecule has 2 amide bonds. The summed E-state index contributed by atoms with van der Waals surface area (Å²) in [5.74, 6) is -0.190. The van der Waals surface area contributed by atoms with Gasteiger partial charge in [0.15, 0.2) is 0 Å². The summed E-state index contributed by atoms with van der Waals surface area (Å²) in [5.41, 5.74) is 0.769. The molecule has 7 heteroatoms. The Balaban J connectivity index is 1.57. The monoisotopic (exact) mass is 373 g/mol. The van der Waals surface area contributed by atoms with Crippen molar-refractivity contribution >= 4 is 17.8 Å². The molecule has 0 radical (unpaired) electrons. The number of hydrogen-bond donors (Lipinski definition) is 3. The van der Waals surface area contributed by atoms with Gasteiger partial charge >= 0.3 is 5.97 Å². The minimum atomic E-state index is -1.10. The first-order chi connectivity index (χ1) is 13.0. The van der Waals surface area contributed by atoms with Crippen LogP contribution in [-0.2, 0) is 4.79 Å². The number of likely N-dealkylation sites (tertiary alicyclic amines) is 1. The van der Waals surface area contributed by atoms with E-state index in [-0.39, 0.29) is 5.91 Å². The van der Waals surface area contributed by atoms with Crippen molar-refractivity contribution in [3.05, 3.63) is 35.4 Å². The highest BCUT2D eigenvalue weighted by Gasteiger charge is 2.29. The third kappa shape index (κ3) is 5.07. The first kappa shape index (κ1) is 19.4. The van der Waals surface area contributed by atoms with Gasteiger partial charge in [0.1, 0.15) is 6.54 Å². The summed E-state index contributed by atoms with van der Waals surface area (Å²) in [4.78, 5) is 37.3. The standard InChI is InChI=1S/C20H27N3O4/c24-18(25)13-22-19(26)16-2-1-3-17(12-16)20(27)23-10-6-15(7-11-23)14-4-8-21-9-5-14/h1-3,12,14-15,21H,4-11,13H2,(H,22,26)(H,24,25). The van der Waals surface area contributed by atoms with Gasteiger partial charge in [-0.25, -0.2) is 0 Å². The maximum absolute atomic E-state index is 12.8. The van der Waals surface area contributed by atoms with Crippen LogP contribution in [-0.4, -0.2) is 60.5 Å². The Morgan fingerprint density at radius 1 is 1.04 bits per heavy atom. The lowest BCUT2D eigenvalue weighted by Gasteiger charge is -2.37. The lowest BCUT2D eigenvalue weighted by atomic mass is 9.79. The zero-order chi connectivity index (χ0) is 19.2. The second-order valence-electron chi connectivity index (χ2n) is 7.37. The Labute approximate surface area is 159 Å². The van der Waals surface area contributed by atoms with Crippen LogP contribution in [0.4, 0.5) is 0 Å². The summed E-state index contributed by atoms with van der Waals surface area (Å²) in [6.45, 7) is 3.26. The fraction of sp³-hybridized carbons (Fsp3) is 0.550. The fourth-order valence-corrected chi connectivity index (χ4v) is 4.12. The number of carbonyl (C=O) groups is 3. The molecule has 0 saturated carbocycles. The topological polar surface area (TPSA) is 98.7 Å². The van der Waals surface area contributed by atoms with E-state index < -0.39 is 18.4 Å². The number of rotatable bonds is 5. The van der Waals surface area contributed by atoms with Crippen LogP contribution in [0.25, 0.3) is 0 Å². The molecule has 2 fully saturated rings. The number of amides is 2. The number of carboxylic acid groups (broad SMARTS) is 1. The predicted molar refractivity (Wildman–Crippen MR) is 101 cm³/mol. The average molecular weight is 373 g/mol. The Morgan fingerprint density at radius 3 is 2.33 bits per heavy atom. The Kier molecular flexibility index (Phi) is 6.45. The highest BCUT2D eigenvalue weighted by Crippen LogP contribution is 2.31. The number of benzene rings is 1. The van der Waals surface area contributed by atoms with Crippen LogP contribution in [0.5, 0.6) is 0 Å². The Hall–Kier alpha value is -2.41. The van der Waals surface area contributed by atoms with Crippen LogP contribution in [0.3, 0.4) is 0 Å². The molecule has 0 aromatic heterocycles. The summed E-state index contributed by atoms with van der Waals surface area (Å²) in [7, 11) is 0. The molecule has 3 N–H and O–H groups in total. The molecule has 0 atom stereocenters. The second-order valence-corrected chi connectivity index (χ2v) is 7.37. The Morgan fingerprint density at radius 2 is 1.67 bits per heavy atom. The molecule has 1 aromatic rings. The van der Waals surface area contributed by atoms with Gasteiger partial charge in [0, 0.05) is 24.2 Å². The quantitative estimate of drug-likeness (QED) is 0.724. The van der Waals surface area contributed by atoms with Gasteiger partial charge in [0.05, 0.1) is 0 Å². The third-order valence-corrected chi connectivity index (χ3v) is 5.65. The van der Waals surface area contributed by atoms with E-state index in [9.17, 15) is 14.4 Å². The first-order valence-electron chi connectivity index (χ1n) is 9.64. The van der Waals surface area contributed by atoms with Crippen LogP contribution in [0.15, 0.2) is 24.3 Å². The Bertz CT molecular complexity index is 692. The van der Waals surface area contributed by atoms with Crippen molar-refractivity contribution in [1.82, 2.24) is 15.5 Å². The summed E-state index contributed by atoms with van der Waals surface area (Å²) in [6, 6.07) is 6.48. The molecular formula is C20H27N3O4. The maximum atomic E-state index is 12.8. The average Bonchev–Trinajstić information content (AvgIpc) is 2.72. The minimum absolute atomic E-state index is 0.0633. The van der Waals surface area contributed by atoms with Gasteiger partial charge in [0.25, 0.3) is 11.8 Å². The van der Waals surface area contributed by atoms with E-state index in [0.717, 1.165) is 44.9 Å². The zero-order valence-corrected chi connectivity index (χ0v) is 15.4. The van der Waals surface area contributed by atoms with Gasteiger partial charge in [-0.2, -0.15) is 0 Å². The smallest absolute Gasteiger partial charge is 0.322 e. The maximum Gasteiger partial charge on any atom is 0.322 e. The summed E-state index contributed by atoms with van der Waals surface area (Å²) in [6.07, 6.45) is 4.53. The van der Waals surface area contributed by atoms with Crippen molar-refractivity contribution in [2.75, 3.05) is 32.7 Å². The summed E-state index contributed by atoms with van der Waals surface area (Å²) in [5, 5.41) is 14.4. The van der Waals surface area contributed by atoms with Gasteiger partial charge in [-0.05, 0) is 68.8 Å². The van der Waals surface area contributed by atoms with Gasteiger partial charge in [0.2, 0.25) is 0 Å². The van der Waals surface area contributed by atoms with Crippen molar-refractivity contribution in [1.29, 1.82) is 0 Å². The van der Waals surface area contributed by atoms with Crippen molar-refractivity contribution in [3.8, 4) is 0 Å². The van der Waals surface area contributed by atoms with Crippen LogP contribution in [0.2, 0.25) is 0 Å². The normalized spacial score (nSPS) is 18.9. The highest BCUT2D eigenvalue weighted by atomic mass is 16.4.